The number of hydrogen-bond acceptors (Lipinski definition) is 2. The average molecular weight is 274 g/mol. The first-order chi connectivity index (χ1) is 8.54. The molecule has 3 nitrogen and oxygen atoms in total. The Balaban J connectivity index is 3.12. The van der Waals surface area contributed by atoms with E-state index in [0.29, 0.717) is 5.56 Å². The van der Waals surface area contributed by atoms with Crippen molar-refractivity contribution in [3.63, 3.8) is 0 Å². The van der Waals surface area contributed by atoms with Crippen LogP contribution in [0.4, 0.5) is 18.9 Å². The number of rotatable bonds is 2. The van der Waals surface area contributed by atoms with E-state index in [4.69, 9.17) is 5.73 Å². The van der Waals surface area contributed by atoms with Crippen LogP contribution >= 0.6 is 0 Å². The molecule has 0 aliphatic heterocycles. The van der Waals surface area contributed by atoms with Crippen LogP contribution < -0.4 is 11.1 Å². The molecule has 0 atom stereocenters. The molecule has 0 heterocycles. The van der Waals surface area contributed by atoms with Crippen molar-refractivity contribution in [2.75, 3.05) is 5.32 Å². The molecule has 0 fully saturated rings. The van der Waals surface area contributed by atoms with Gasteiger partial charge in [-0.3, -0.25) is 4.79 Å². The molecule has 0 aliphatic rings. The summed E-state index contributed by atoms with van der Waals surface area (Å²) in [5, 5.41) is 2.47. The van der Waals surface area contributed by atoms with E-state index in [-0.39, 0.29) is 18.1 Å². The van der Waals surface area contributed by atoms with Gasteiger partial charge in [-0.25, -0.2) is 0 Å². The topological polar surface area (TPSA) is 55.1 Å². The van der Waals surface area contributed by atoms with Gasteiger partial charge in [0.15, 0.2) is 0 Å². The SMILES string of the molecule is CC(C)(C)C(=O)Nc1cc(CN)cc(C(F)(F)F)c1. The van der Waals surface area contributed by atoms with Gasteiger partial charge in [0.2, 0.25) is 5.91 Å². The van der Waals surface area contributed by atoms with Gasteiger partial charge < -0.3 is 11.1 Å². The lowest BCUT2D eigenvalue weighted by Crippen LogP contribution is -2.27. The number of halogens is 3. The summed E-state index contributed by atoms with van der Waals surface area (Å²) in [5.74, 6) is -0.352. The van der Waals surface area contributed by atoms with E-state index >= 15 is 0 Å². The lowest BCUT2D eigenvalue weighted by atomic mass is 9.95. The van der Waals surface area contributed by atoms with Gasteiger partial charge in [-0.1, -0.05) is 20.8 Å². The first kappa shape index (κ1) is 15.5. The van der Waals surface area contributed by atoms with Crippen LogP contribution in [0.2, 0.25) is 0 Å². The number of amides is 1. The van der Waals surface area contributed by atoms with E-state index in [1.165, 1.54) is 6.07 Å². The quantitative estimate of drug-likeness (QED) is 0.870. The van der Waals surface area contributed by atoms with E-state index in [2.05, 4.69) is 5.32 Å². The number of carbonyl (C=O) groups is 1. The first-order valence-corrected chi connectivity index (χ1v) is 5.76. The lowest BCUT2D eigenvalue weighted by Gasteiger charge is -2.19. The number of nitrogens with two attached hydrogens (primary N) is 1. The number of benzene rings is 1. The van der Waals surface area contributed by atoms with Gasteiger partial charge in [0, 0.05) is 17.6 Å². The van der Waals surface area contributed by atoms with E-state index in [1.807, 2.05) is 0 Å². The second-order valence-electron chi connectivity index (χ2n) is 5.32. The van der Waals surface area contributed by atoms with Gasteiger partial charge in [-0.05, 0) is 23.8 Å². The monoisotopic (exact) mass is 274 g/mol. The number of nitrogens with one attached hydrogen (secondary N) is 1. The highest BCUT2D eigenvalue weighted by Crippen LogP contribution is 2.32. The zero-order valence-electron chi connectivity index (χ0n) is 11.1. The molecule has 0 bridgehead atoms. The Hall–Kier alpha value is -1.56. The van der Waals surface area contributed by atoms with Crippen LogP contribution in [0.3, 0.4) is 0 Å². The molecule has 0 spiro atoms. The molecular formula is C13H17F3N2O. The van der Waals surface area contributed by atoms with Crippen LogP contribution in [0.5, 0.6) is 0 Å². The molecule has 0 aliphatic carbocycles. The Morgan fingerprint density at radius 1 is 1.21 bits per heavy atom. The van der Waals surface area contributed by atoms with Crippen LogP contribution in [-0.2, 0) is 17.5 Å². The molecule has 0 saturated heterocycles. The van der Waals surface area contributed by atoms with Crippen LogP contribution in [0.1, 0.15) is 31.9 Å². The largest absolute Gasteiger partial charge is 0.416 e. The maximum atomic E-state index is 12.7. The van der Waals surface area contributed by atoms with Crippen molar-refractivity contribution in [1.29, 1.82) is 0 Å². The summed E-state index contributed by atoms with van der Waals surface area (Å²) >= 11 is 0. The van der Waals surface area contributed by atoms with Crippen molar-refractivity contribution in [3.8, 4) is 0 Å². The Kier molecular flexibility index (Phi) is 4.25. The molecular weight excluding hydrogens is 257 g/mol. The van der Waals surface area contributed by atoms with Crippen molar-refractivity contribution in [2.24, 2.45) is 11.1 Å². The second-order valence-corrected chi connectivity index (χ2v) is 5.32. The molecule has 1 amide bonds. The van der Waals surface area contributed by atoms with Crippen LogP contribution in [0.15, 0.2) is 18.2 Å². The minimum Gasteiger partial charge on any atom is -0.326 e. The Labute approximate surface area is 110 Å². The molecule has 1 rings (SSSR count). The summed E-state index contributed by atoms with van der Waals surface area (Å²) in [6.07, 6.45) is -4.47. The maximum Gasteiger partial charge on any atom is 0.416 e. The first-order valence-electron chi connectivity index (χ1n) is 5.76. The Morgan fingerprint density at radius 3 is 2.21 bits per heavy atom. The van der Waals surface area contributed by atoms with Crippen molar-refractivity contribution >= 4 is 11.6 Å². The van der Waals surface area contributed by atoms with Crippen LogP contribution in [0, 0.1) is 5.41 Å². The van der Waals surface area contributed by atoms with Gasteiger partial charge >= 0.3 is 6.18 Å². The molecule has 6 heteroatoms. The van der Waals surface area contributed by atoms with Gasteiger partial charge in [0.25, 0.3) is 0 Å². The second kappa shape index (κ2) is 5.21. The molecule has 0 unspecified atom stereocenters. The van der Waals surface area contributed by atoms with Gasteiger partial charge in [-0.15, -0.1) is 0 Å². The average Bonchev–Trinajstić information content (AvgIpc) is 2.26. The molecule has 1 aromatic carbocycles. The van der Waals surface area contributed by atoms with Gasteiger partial charge in [-0.2, -0.15) is 13.2 Å². The van der Waals surface area contributed by atoms with E-state index < -0.39 is 17.2 Å². The number of anilines is 1. The molecule has 0 radical (unpaired) electrons. The number of alkyl halides is 3. The molecule has 0 saturated carbocycles. The summed E-state index contributed by atoms with van der Waals surface area (Å²) in [6.45, 7) is 5.02. The normalized spacial score (nSPS) is 12.4. The summed E-state index contributed by atoms with van der Waals surface area (Å²) in [6, 6.07) is 3.33. The predicted octanol–water partition coefficient (Wildman–Crippen LogP) is 3.15. The third-order valence-electron chi connectivity index (χ3n) is 2.49. The standard InChI is InChI=1S/C13H17F3N2O/c1-12(2,3)11(19)18-10-5-8(7-17)4-9(6-10)13(14,15)16/h4-6H,7,17H2,1-3H3,(H,18,19). The van der Waals surface area contributed by atoms with Crippen LogP contribution in [0.25, 0.3) is 0 Å². The minimum atomic E-state index is -4.47. The molecule has 0 aromatic heterocycles. The summed E-state index contributed by atoms with van der Waals surface area (Å²) in [7, 11) is 0. The fourth-order valence-electron chi connectivity index (χ4n) is 1.36. The van der Waals surface area contributed by atoms with Gasteiger partial charge in [0.05, 0.1) is 5.56 Å². The highest BCUT2D eigenvalue weighted by molar-refractivity contribution is 5.94. The maximum absolute atomic E-state index is 12.7. The predicted molar refractivity (Wildman–Crippen MR) is 67.4 cm³/mol. The van der Waals surface area contributed by atoms with Crippen molar-refractivity contribution < 1.29 is 18.0 Å². The van der Waals surface area contributed by atoms with E-state index in [9.17, 15) is 18.0 Å². The Morgan fingerprint density at radius 2 is 1.79 bits per heavy atom. The van der Waals surface area contributed by atoms with E-state index in [0.717, 1.165) is 12.1 Å². The summed E-state index contributed by atoms with van der Waals surface area (Å²) in [5.41, 5.74) is 4.29. The van der Waals surface area contributed by atoms with Crippen molar-refractivity contribution in [2.45, 2.75) is 33.5 Å². The zero-order chi connectivity index (χ0) is 14.8. The molecule has 1 aromatic rings. The summed E-state index contributed by atoms with van der Waals surface area (Å²) in [4.78, 5) is 11.8. The van der Waals surface area contributed by atoms with E-state index in [1.54, 1.807) is 20.8 Å². The molecule has 106 valence electrons. The highest BCUT2D eigenvalue weighted by Gasteiger charge is 2.31. The smallest absolute Gasteiger partial charge is 0.326 e. The number of carbonyl (C=O) groups excluding carboxylic acids is 1. The highest BCUT2D eigenvalue weighted by atomic mass is 19.4. The fourth-order valence-corrected chi connectivity index (χ4v) is 1.36. The molecule has 19 heavy (non-hydrogen) atoms. The summed E-state index contributed by atoms with van der Waals surface area (Å²) < 4.78 is 38.1. The third kappa shape index (κ3) is 4.24. The Bertz CT molecular complexity index is 476. The minimum absolute atomic E-state index is 0.0255. The third-order valence-corrected chi connectivity index (χ3v) is 2.49. The van der Waals surface area contributed by atoms with Crippen molar-refractivity contribution in [1.82, 2.24) is 0 Å². The van der Waals surface area contributed by atoms with Crippen LogP contribution in [-0.4, -0.2) is 5.91 Å². The van der Waals surface area contributed by atoms with Gasteiger partial charge in [0.1, 0.15) is 0 Å². The lowest BCUT2D eigenvalue weighted by molar-refractivity contribution is -0.137. The van der Waals surface area contributed by atoms with Crippen molar-refractivity contribution in [3.05, 3.63) is 29.3 Å². The fraction of sp³-hybridized carbons (Fsp3) is 0.462. The molecule has 3 N–H and O–H groups in total. The zero-order valence-corrected chi connectivity index (χ0v) is 11.1. The number of hydrogen-bond donors (Lipinski definition) is 2.